The van der Waals surface area contributed by atoms with E-state index in [9.17, 15) is 24.3 Å². The van der Waals surface area contributed by atoms with E-state index in [1.807, 2.05) is 0 Å². The summed E-state index contributed by atoms with van der Waals surface area (Å²) in [6, 6.07) is -2.37. The molecule has 3 atom stereocenters. The Kier molecular flexibility index (Phi) is 9.02. The number of Topliss-reactive ketones (excluding diaryl/α,β-unsaturated/α-hetero) is 1. The van der Waals surface area contributed by atoms with Gasteiger partial charge in [0.25, 0.3) is 5.91 Å². The maximum atomic E-state index is 13.0. The summed E-state index contributed by atoms with van der Waals surface area (Å²) in [5, 5.41) is 12.7. The summed E-state index contributed by atoms with van der Waals surface area (Å²) in [4.78, 5) is 58.2. The Bertz CT molecular complexity index is 832. The van der Waals surface area contributed by atoms with Gasteiger partial charge in [0.1, 0.15) is 0 Å². The number of aliphatic carboxylic acids is 1. The Labute approximate surface area is 185 Å². The molecule has 0 spiro atoms. The molecule has 12 nitrogen and oxygen atoms in total. The molecule has 0 saturated carbocycles. The molecule has 2 rings (SSSR count). The summed E-state index contributed by atoms with van der Waals surface area (Å²) >= 11 is 0. The lowest BCUT2D eigenvalue weighted by Crippen LogP contribution is -2.52. The Hall–Kier alpha value is -3.12. The summed E-state index contributed by atoms with van der Waals surface area (Å²) in [5.74, 6) is -2.86. The zero-order valence-corrected chi connectivity index (χ0v) is 18.3. The van der Waals surface area contributed by atoms with Gasteiger partial charge in [0.05, 0.1) is 30.2 Å². The van der Waals surface area contributed by atoms with Crippen LogP contribution < -0.4 is 11.1 Å². The lowest BCUT2D eigenvalue weighted by molar-refractivity contribution is -0.164. The molecule has 4 N–H and O–H groups in total. The number of carboxylic acids is 1. The van der Waals surface area contributed by atoms with Crippen LogP contribution in [0.5, 0.6) is 0 Å². The molecule has 32 heavy (non-hydrogen) atoms. The predicted octanol–water partition coefficient (Wildman–Crippen LogP) is -0.483. The Morgan fingerprint density at radius 3 is 2.59 bits per heavy atom. The molecule has 3 unspecified atom stereocenters. The van der Waals surface area contributed by atoms with Crippen molar-refractivity contribution in [3.63, 3.8) is 0 Å². The van der Waals surface area contributed by atoms with Crippen LogP contribution in [0.4, 0.5) is 4.79 Å². The Balaban J connectivity index is 2.16. The second kappa shape index (κ2) is 11.5. The number of amides is 2. The number of piperidine rings is 1. The number of hydrogen-bond donors (Lipinski definition) is 3. The van der Waals surface area contributed by atoms with Crippen LogP contribution in [0.2, 0.25) is 0 Å². The summed E-state index contributed by atoms with van der Waals surface area (Å²) in [5.41, 5.74) is 5.84. The minimum atomic E-state index is -1.71. The van der Waals surface area contributed by atoms with Gasteiger partial charge in [-0.3, -0.25) is 14.6 Å². The van der Waals surface area contributed by atoms with E-state index in [1.54, 1.807) is 6.92 Å². The van der Waals surface area contributed by atoms with E-state index in [0.717, 1.165) is 4.90 Å². The molecule has 1 saturated heterocycles. The van der Waals surface area contributed by atoms with Gasteiger partial charge in [-0.05, 0) is 45.9 Å². The van der Waals surface area contributed by atoms with E-state index in [2.05, 4.69) is 15.3 Å². The Morgan fingerprint density at radius 1 is 1.34 bits per heavy atom. The van der Waals surface area contributed by atoms with Crippen LogP contribution in [0.3, 0.4) is 0 Å². The van der Waals surface area contributed by atoms with E-state index in [1.165, 1.54) is 26.3 Å². The summed E-state index contributed by atoms with van der Waals surface area (Å²) < 4.78 is 10.3. The predicted molar refractivity (Wildman–Crippen MR) is 115 cm³/mol. The number of aliphatic imine (C=N–C) groups is 2. The standard InChI is InChI=1S/C20H29N5O7/c1-4-31-20(30)24-14-9-12(21)10-23-15(14)18(27)25(3)11(2)16(26)17(19(28)29)32-13-5-7-22-8-6-13/h9-11,13,15,17,22H,4-8,21H2,1-3H3,(H,28,29). The molecule has 0 aromatic rings. The van der Waals surface area contributed by atoms with Crippen LogP contribution in [-0.4, -0.2) is 96.7 Å². The van der Waals surface area contributed by atoms with Crippen LogP contribution >= 0.6 is 0 Å². The zero-order valence-electron chi connectivity index (χ0n) is 18.3. The van der Waals surface area contributed by atoms with Crippen molar-refractivity contribution in [2.75, 3.05) is 26.7 Å². The number of hydrogen-bond acceptors (Lipinski definition) is 9. The highest BCUT2D eigenvalue weighted by Crippen LogP contribution is 2.16. The monoisotopic (exact) mass is 451 g/mol. The quantitative estimate of drug-likeness (QED) is 0.412. The molecular weight excluding hydrogens is 422 g/mol. The second-order valence-corrected chi connectivity index (χ2v) is 7.39. The maximum absolute atomic E-state index is 13.0. The third-order valence-corrected chi connectivity index (χ3v) is 5.13. The van der Waals surface area contributed by atoms with Crippen molar-refractivity contribution >= 4 is 35.7 Å². The molecule has 2 heterocycles. The van der Waals surface area contributed by atoms with Gasteiger partial charge in [0.2, 0.25) is 6.10 Å². The highest BCUT2D eigenvalue weighted by atomic mass is 16.5. The average Bonchev–Trinajstić information content (AvgIpc) is 2.76. The summed E-state index contributed by atoms with van der Waals surface area (Å²) in [6.07, 6.45) is 0.738. The molecule has 0 bridgehead atoms. The van der Waals surface area contributed by atoms with Crippen molar-refractivity contribution in [1.29, 1.82) is 0 Å². The first-order valence-corrected chi connectivity index (χ1v) is 10.3. The fraction of sp³-hybridized carbons (Fsp3) is 0.600. The summed E-state index contributed by atoms with van der Waals surface area (Å²) in [6.45, 7) is 4.43. The number of rotatable bonds is 8. The van der Waals surface area contributed by atoms with Gasteiger partial charge in [-0.1, -0.05) is 0 Å². The number of carbonyl (C=O) groups excluding carboxylic acids is 3. The van der Waals surface area contributed by atoms with E-state index in [0.29, 0.717) is 25.9 Å². The number of dihydropyridines is 1. The number of ketones is 1. The van der Waals surface area contributed by atoms with E-state index < -0.39 is 41.9 Å². The van der Waals surface area contributed by atoms with Crippen molar-refractivity contribution in [2.45, 2.75) is 51.0 Å². The van der Waals surface area contributed by atoms with E-state index >= 15 is 0 Å². The smallest absolute Gasteiger partial charge is 0.433 e. The molecule has 2 aliphatic rings. The first-order chi connectivity index (χ1) is 15.1. The minimum absolute atomic E-state index is 0.0410. The SMILES string of the molecule is CCOC(=O)N=C1C=C(N)C=NC1C(=O)N(C)C(C)C(=O)C(OC1CCNCC1)C(=O)O. The van der Waals surface area contributed by atoms with Gasteiger partial charge < -0.3 is 30.5 Å². The highest BCUT2D eigenvalue weighted by Gasteiger charge is 2.38. The third-order valence-electron chi connectivity index (χ3n) is 5.13. The number of likely N-dealkylation sites (N-methyl/N-ethyl adjacent to an activating group) is 1. The minimum Gasteiger partial charge on any atom is -0.479 e. The van der Waals surface area contributed by atoms with Gasteiger partial charge in [0, 0.05) is 13.3 Å². The van der Waals surface area contributed by atoms with Gasteiger partial charge in [-0.15, -0.1) is 0 Å². The molecular formula is C20H29N5O7. The molecule has 1 fully saturated rings. The van der Waals surface area contributed by atoms with Gasteiger partial charge in [-0.2, -0.15) is 4.99 Å². The number of ether oxygens (including phenoxy) is 2. The molecule has 0 aliphatic carbocycles. The summed E-state index contributed by atoms with van der Waals surface area (Å²) in [7, 11) is 1.34. The first-order valence-electron chi connectivity index (χ1n) is 10.3. The Morgan fingerprint density at radius 2 is 2.00 bits per heavy atom. The van der Waals surface area contributed by atoms with Crippen molar-refractivity contribution in [2.24, 2.45) is 15.7 Å². The fourth-order valence-corrected chi connectivity index (χ4v) is 3.23. The maximum Gasteiger partial charge on any atom is 0.433 e. The van der Waals surface area contributed by atoms with Crippen molar-refractivity contribution in [3.05, 3.63) is 11.8 Å². The number of nitrogens with two attached hydrogens (primary N) is 1. The lowest BCUT2D eigenvalue weighted by Gasteiger charge is -2.31. The largest absolute Gasteiger partial charge is 0.479 e. The average molecular weight is 451 g/mol. The van der Waals surface area contributed by atoms with Gasteiger partial charge in [-0.25, -0.2) is 9.59 Å². The van der Waals surface area contributed by atoms with E-state index in [-0.39, 0.29) is 24.1 Å². The van der Waals surface area contributed by atoms with Crippen LogP contribution in [0, 0.1) is 0 Å². The van der Waals surface area contributed by atoms with Crippen molar-refractivity contribution in [3.8, 4) is 0 Å². The van der Waals surface area contributed by atoms with Crippen LogP contribution in [0.15, 0.2) is 21.8 Å². The molecule has 2 amide bonds. The van der Waals surface area contributed by atoms with E-state index in [4.69, 9.17) is 15.2 Å². The molecule has 0 aromatic heterocycles. The van der Waals surface area contributed by atoms with Crippen molar-refractivity contribution in [1.82, 2.24) is 10.2 Å². The third kappa shape index (κ3) is 6.44. The van der Waals surface area contributed by atoms with Crippen LogP contribution in [0.1, 0.15) is 26.7 Å². The number of carbonyl (C=O) groups is 4. The first kappa shape index (κ1) is 25.1. The number of nitrogens with one attached hydrogen (secondary N) is 1. The van der Waals surface area contributed by atoms with Crippen LogP contribution in [0.25, 0.3) is 0 Å². The van der Waals surface area contributed by atoms with Crippen LogP contribution in [-0.2, 0) is 23.9 Å². The van der Waals surface area contributed by atoms with Gasteiger partial charge >= 0.3 is 12.1 Å². The molecule has 0 radical (unpaired) electrons. The van der Waals surface area contributed by atoms with Crippen molar-refractivity contribution < 1.29 is 33.8 Å². The van der Waals surface area contributed by atoms with Gasteiger partial charge in [0.15, 0.2) is 11.8 Å². The molecule has 12 heteroatoms. The lowest BCUT2D eigenvalue weighted by atomic mass is 10.0. The molecule has 0 aromatic carbocycles. The number of carboxylic acid groups (broad SMARTS) is 1. The molecule has 176 valence electrons. The number of allylic oxidation sites excluding steroid dienone is 1. The second-order valence-electron chi connectivity index (χ2n) is 7.39. The zero-order chi connectivity index (χ0) is 23.8. The fourth-order valence-electron chi connectivity index (χ4n) is 3.23. The number of nitrogens with zero attached hydrogens (tertiary/aromatic N) is 3. The molecule has 2 aliphatic heterocycles. The topological polar surface area (TPSA) is 173 Å². The normalized spacial score (nSPS) is 22.0. The highest BCUT2D eigenvalue weighted by molar-refractivity contribution is 6.20.